The predicted molar refractivity (Wildman–Crippen MR) is 165 cm³/mol. The van der Waals surface area contributed by atoms with Crippen molar-refractivity contribution in [3.63, 3.8) is 0 Å². The van der Waals surface area contributed by atoms with Gasteiger partial charge in [-0.05, 0) is 50.7 Å². The number of anilines is 2. The van der Waals surface area contributed by atoms with Crippen LogP contribution in [0.4, 0.5) is 16.2 Å². The molecule has 0 radical (unpaired) electrons. The van der Waals surface area contributed by atoms with Gasteiger partial charge in [0.25, 0.3) is 5.91 Å². The van der Waals surface area contributed by atoms with E-state index in [1.807, 2.05) is 0 Å². The second-order valence-electron chi connectivity index (χ2n) is 11.3. The number of aromatic nitrogens is 1. The molecule has 3 amide bonds. The Morgan fingerprint density at radius 2 is 1.98 bits per heavy atom. The van der Waals surface area contributed by atoms with Crippen LogP contribution in [0, 0.1) is 0 Å². The van der Waals surface area contributed by atoms with Crippen LogP contribution in [-0.4, -0.2) is 90.5 Å². The first-order valence-electron chi connectivity index (χ1n) is 15.4. The van der Waals surface area contributed by atoms with E-state index in [1.54, 1.807) is 24.1 Å². The number of methoxy groups -OCH3 is 1. The lowest BCUT2D eigenvalue weighted by Gasteiger charge is -2.38. The van der Waals surface area contributed by atoms with Gasteiger partial charge in [-0.1, -0.05) is 12.7 Å². The fourth-order valence-electron chi connectivity index (χ4n) is 6.01. The molecule has 3 aliphatic rings. The van der Waals surface area contributed by atoms with E-state index in [1.165, 1.54) is 34.9 Å². The van der Waals surface area contributed by atoms with Gasteiger partial charge in [0.1, 0.15) is 12.3 Å². The van der Waals surface area contributed by atoms with Crippen molar-refractivity contribution in [1.82, 2.24) is 9.47 Å². The maximum absolute atomic E-state index is 13.9. The Kier molecular flexibility index (Phi) is 10.5. The van der Waals surface area contributed by atoms with Gasteiger partial charge in [-0.2, -0.15) is 0 Å². The summed E-state index contributed by atoms with van der Waals surface area (Å²) >= 11 is 0. The van der Waals surface area contributed by atoms with Crippen LogP contribution in [0.25, 0.3) is 0 Å². The number of fused-ring (bicyclic) bond motifs is 2. The fourth-order valence-corrected chi connectivity index (χ4v) is 6.01. The number of carbonyl (C=O) groups is 4. The number of aromatic carboxylic acids is 1. The standard InChI is InChI=1S/C32H40N4O10/c1-4-13-45-32(41)36-23-18-26(43-15-8-10-27(37)33-20-16-24(31(39)40)34(2)19-20)25(42-3)17-21(23)29(38)35-12-7-9-22(35)30(36)46-28-11-5-6-14-44-28/h4,16-19,22,28,30H,1,5-15H2,2-3H3,(H,33,37)(H,39,40)/t22-,28?,30?/m0/s1. The normalized spacial score (nSPS) is 20.7. The van der Waals surface area contributed by atoms with Crippen molar-refractivity contribution in [3.05, 3.63) is 48.3 Å². The SMILES string of the molecule is C=CCOC(=O)N1c2cc(OCCCC(=O)Nc3cc(C(=O)O)n(C)c3)c(OC)cc2C(=O)N2CCC[C@H]2C1OC1CCCCO1. The number of hydrogen-bond acceptors (Lipinski definition) is 9. The number of rotatable bonds is 12. The smallest absolute Gasteiger partial charge is 0.416 e. The second-order valence-corrected chi connectivity index (χ2v) is 11.3. The van der Waals surface area contributed by atoms with Gasteiger partial charge in [0.2, 0.25) is 5.91 Å². The third-order valence-electron chi connectivity index (χ3n) is 8.18. The van der Waals surface area contributed by atoms with Crippen LogP contribution in [0.1, 0.15) is 65.8 Å². The molecule has 0 spiro atoms. The Labute approximate surface area is 266 Å². The van der Waals surface area contributed by atoms with Crippen LogP contribution >= 0.6 is 0 Å². The zero-order valence-corrected chi connectivity index (χ0v) is 26.1. The number of carboxylic acids is 1. The molecule has 3 atom stereocenters. The fraction of sp³-hybridized carbons (Fsp3) is 0.500. The predicted octanol–water partition coefficient (Wildman–Crippen LogP) is 4.15. The van der Waals surface area contributed by atoms with Crippen LogP contribution in [-0.2, 0) is 26.1 Å². The molecule has 46 heavy (non-hydrogen) atoms. The maximum Gasteiger partial charge on any atom is 0.416 e. The van der Waals surface area contributed by atoms with E-state index in [0.717, 1.165) is 19.3 Å². The van der Waals surface area contributed by atoms with Gasteiger partial charge in [0.15, 0.2) is 24.0 Å². The Balaban J connectivity index is 1.37. The van der Waals surface area contributed by atoms with E-state index in [9.17, 15) is 24.3 Å². The van der Waals surface area contributed by atoms with Crippen LogP contribution in [0.15, 0.2) is 37.1 Å². The molecule has 248 valence electrons. The first-order chi connectivity index (χ1) is 22.2. The summed E-state index contributed by atoms with van der Waals surface area (Å²) in [6.07, 6.45) is 5.16. The van der Waals surface area contributed by atoms with Gasteiger partial charge in [-0.25, -0.2) is 14.5 Å². The lowest BCUT2D eigenvalue weighted by Crippen LogP contribution is -2.54. The van der Waals surface area contributed by atoms with E-state index in [0.29, 0.717) is 38.1 Å². The van der Waals surface area contributed by atoms with E-state index < -0.39 is 30.6 Å². The molecule has 0 aliphatic carbocycles. The number of nitrogens with one attached hydrogen (secondary N) is 1. The summed E-state index contributed by atoms with van der Waals surface area (Å²) in [5, 5.41) is 11.9. The molecule has 2 N–H and O–H groups in total. The van der Waals surface area contributed by atoms with Crippen molar-refractivity contribution in [1.29, 1.82) is 0 Å². The second kappa shape index (κ2) is 14.7. The quantitative estimate of drug-likeness (QED) is 0.255. The minimum atomic E-state index is -1.10. The number of amides is 3. The van der Waals surface area contributed by atoms with Gasteiger partial charge < -0.3 is 43.6 Å². The van der Waals surface area contributed by atoms with E-state index >= 15 is 0 Å². The number of carbonyl (C=O) groups excluding carboxylic acids is 3. The van der Waals surface area contributed by atoms with Crippen molar-refractivity contribution in [2.24, 2.45) is 7.05 Å². The highest BCUT2D eigenvalue weighted by atomic mass is 16.7. The lowest BCUT2D eigenvalue weighted by molar-refractivity contribution is -0.195. The number of ether oxygens (including phenoxy) is 5. The Hall–Kier alpha value is -4.56. The molecule has 14 heteroatoms. The van der Waals surface area contributed by atoms with Crippen LogP contribution in [0.5, 0.6) is 11.5 Å². The first kappa shape index (κ1) is 32.8. The molecule has 1 aromatic carbocycles. The molecule has 1 aromatic heterocycles. The minimum absolute atomic E-state index is 0.0399. The monoisotopic (exact) mass is 640 g/mol. The van der Waals surface area contributed by atoms with Gasteiger partial charge in [0.05, 0.1) is 36.7 Å². The molecule has 0 saturated carbocycles. The number of benzene rings is 1. The van der Waals surface area contributed by atoms with Crippen LogP contribution < -0.4 is 19.7 Å². The zero-order valence-electron chi connectivity index (χ0n) is 26.1. The van der Waals surface area contributed by atoms with Crippen molar-refractivity contribution in [3.8, 4) is 11.5 Å². The number of hydrogen-bond donors (Lipinski definition) is 2. The summed E-state index contributed by atoms with van der Waals surface area (Å²) in [4.78, 5) is 54.5. The Morgan fingerprint density at radius 3 is 2.67 bits per heavy atom. The topological polar surface area (TPSA) is 158 Å². The molecule has 2 unspecified atom stereocenters. The molecule has 2 saturated heterocycles. The molecular formula is C32H40N4O10. The molecule has 14 nitrogen and oxygen atoms in total. The highest BCUT2D eigenvalue weighted by Crippen LogP contribution is 2.42. The average molecular weight is 641 g/mol. The molecule has 4 heterocycles. The molecule has 2 fully saturated rings. The summed E-state index contributed by atoms with van der Waals surface area (Å²) in [6, 6.07) is 4.08. The lowest BCUT2D eigenvalue weighted by atomic mass is 10.1. The average Bonchev–Trinajstić information content (AvgIpc) is 3.66. The van der Waals surface area contributed by atoms with Gasteiger partial charge in [-0.15, -0.1) is 0 Å². The largest absolute Gasteiger partial charge is 0.493 e. The summed E-state index contributed by atoms with van der Waals surface area (Å²) in [6.45, 7) is 4.77. The third kappa shape index (κ3) is 7.12. The van der Waals surface area contributed by atoms with Crippen molar-refractivity contribution in [2.45, 2.75) is 63.5 Å². The molecular weight excluding hydrogens is 600 g/mol. The van der Waals surface area contributed by atoms with E-state index in [-0.39, 0.29) is 59.9 Å². The van der Waals surface area contributed by atoms with E-state index in [4.69, 9.17) is 23.7 Å². The molecule has 2 aromatic rings. The van der Waals surface area contributed by atoms with Gasteiger partial charge in [-0.3, -0.25) is 9.59 Å². The zero-order chi connectivity index (χ0) is 32.8. The van der Waals surface area contributed by atoms with Crippen LogP contribution in [0.3, 0.4) is 0 Å². The van der Waals surface area contributed by atoms with Crippen molar-refractivity contribution >= 4 is 35.3 Å². The Morgan fingerprint density at radius 1 is 1.15 bits per heavy atom. The summed E-state index contributed by atoms with van der Waals surface area (Å²) < 4.78 is 30.9. The number of aryl methyl sites for hydroxylation is 1. The molecule has 0 bridgehead atoms. The Bertz CT molecular complexity index is 1470. The molecule has 3 aliphatic heterocycles. The van der Waals surface area contributed by atoms with Crippen LogP contribution in [0.2, 0.25) is 0 Å². The highest BCUT2D eigenvalue weighted by Gasteiger charge is 2.47. The summed E-state index contributed by atoms with van der Waals surface area (Å²) in [5.74, 6) is -1.12. The number of nitrogens with zero attached hydrogens (tertiary/aromatic N) is 3. The minimum Gasteiger partial charge on any atom is -0.493 e. The molecule has 5 rings (SSSR count). The van der Waals surface area contributed by atoms with Gasteiger partial charge in [0, 0.05) is 38.9 Å². The number of carboxylic acid groups (broad SMARTS) is 1. The summed E-state index contributed by atoms with van der Waals surface area (Å²) in [5.41, 5.74) is 0.919. The maximum atomic E-state index is 13.9. The highest BCUT2D eigenvalue weighted by molar-refractivity contribution is 6.06. The van der Waals surface area contributed by atoms with Crippen molar-refractivity contribution < 1.29 is 48.0 Å². The first-order valence-corrected chi connectivity index (χ1v) is 15.4. The third-order valence-corrected chi connectivity index (χ3v) is 8.18. The van der Waals surface area contributed by atoms with Gasteiger partial charge >= 0.3 is 12.1 Å². The van der Waals surface area contributed by atoms with Crippen molar-refractivity contribution in [2.75, 3.05) is 43.7 Å². The summed E-state index contributed by atoms with van der Waals surface area (Å²) in [7, 11) is 3.03. The van der Waals surface area contributed by atoms with E-state index in [2.05, 4.69) is 11.9 Å².